The number of anilines is 1. The number of hydrogen-bond acceptors (Lipinski definition) is 7. The normalized spacial score (nSPS) is 28.2. The number of likely N-dealkylation sites (tertiary alicyclic amines) is 1. The van der Waals surface area contributed by atoms with Crippen molar-refractivity contribution in [1.29, 1.82) is 0 Å². The molecule has 1 aliphatic carbocycles. The van der Waals surface area contributed by atoms with E-state index in [2.05, 4.69) is 49.7 Å². The van der Waals surface area contributed by atoms with Gasteiger partial charge in [0, 0.05) is 27.5 Å². The third-order valence-electron chi connectivity index (χ3n) is 10.1. The van der Waals surface area contributed by atoms with Gasteiger partial charge >= 0.3 is 6.01 Å². The monoisotopic (exact) mass is 699 g/mol. The van der Waals surface area contributed by atoms with Crippen molar-refractivity contribution in [2.45, 2.75) is 61.8 Å². The van der Waals surface area contributed by atoms with Crippen LogP contribution in [0, 0.1) is 5.82 Å². The highest BCUT2D eigenvalue weighted by atomic mass is 127. The van der Waals surface area contributed by atoms with Crippen LogP contribution in [-0.4, -0.2) is 74.3 Å². The number of phenolic OH excluding ortho intramolecular Hbond substituents is 1. The van der Waals surface area contributed by atoms with E-state index >= 15 is 4.39 Å². The zero-order valence-electron chi connectivity index (χ0n) is 23.3. The molecular formula is C32H32ClFIN5O2. The first-order valence-electron chi connectivity index (χ1n) is 14.8. The summed E-state index contributed by atoms with van der Waals surface area (Å²) in [5.41, 5.74) is 1.08. The Labute approximate surface area is 262 Å². The molecule has 0 amide bonds. The van der Waals surface area contributed by atoms with Crippen LogP contribution in [0.5, 0.6) is 11.8 Å². The topological polar surface area (TPSA) is 73.8 Å². The molecule has 1 spiro atoms. The fourth-order valence-electron chi connectivity index (χ4n) is 7.97. The predicted molar refractivity (Wildman–Crippen MR) is 173 cm³/mol. The summed E-state index contributed by atoms with van der Waals surface area (Å²) in [6.07, 6.45) is 5.48. The van der Waals surface area contributed by atoms with Gasteiger partial charge in [-0.25, -0.2) is 4.39 Å². The van der Waals surface area contributed by atoms with Crippen LogP contribution in [0.25, 0.3) is 32.8 Å². The van der Waals surface area contributed by atoms with E-state index in [4.69, 9.17) is 21.3 Å². The first kappa shape index (κ1) is 27.1. The number of rotatable bonds is 7. The van der Waals surface area contributed by atoms with E-state index in [9.17, 15) is 5.11 Å². The number of nitrogens with zero attached hydrogens (tertiary/aromatic N) is 4. The molecule has 5 atom stereocenters. The third-order valence-corrected chi connectivity index (χ3v) is 11.0. The number of fused-ring (bicyclic) bond motifs is 2. The van der Waals surface area contributed by atoms with Gasteiger partial charge < -0.3 is 25.0 Å². The van der Waals surface area contributed by atoms with Gasteiger partial charge in [0.25, 0.3) is 0 Å². The number of nitrogens with one attached hydrogen (secondary N) is 1. The van der Waals surface area contributed by atoms with Gasteiger partial charge in [0.05, 0.1) is 22.6 Å². The van der Waals surface area contributed by atoms with Gasteiger partial charge in [0.15, 0.2) is 5.82 Å². The maximum Gasteiger partial charge on any atom is 0.319 e. The number of halogens is 3. The second kappa shape index (κ2) is 10.0. The quantitative estimate of drug-likeness (QED) is 0.173. The van der Waals surface area contributed by atoms with E-state index in [0.29, 0.717) is 41.5 Å². The summed E-state index contributed by atoms with van der Waals surface area (Å²) in [7, 11) is 2.11. The highest BCUT2D eigenvalue weighted by molar-refractivity contribution is 14.1. The molecule has 2 N–H and O–H groups in total. The van der Waals surface area contributed by atoms with Crippen LogP contribution >= 0.6 is 34.2 Å². The van der Waals surface area contributed by atoms with Crippen molar-refractivity contribution >= 4 is 61.7 Å². The molecule has 4 fully saturated rings. The Hall–Kier alpha value is -2.47. The van der Waals surface area contributed by atoms with E-state index in [1.165, 1.54) is 0 Å². The Morgan fingerprint density at radius 3 is 2.81 bits per heavy atom. The standard InChI is InChI=1S/C32H32ClFIN5O2/c1-39-12-4-6-18(39)16-42-31-36-28-22(30(37-31)40-25-8-10-32(25)29(40)24(38-32)9-11-35)15-23(33)26(27(28)34)21-14-19(41)13-17-5-2-3-7-20(17)21/h2-3,5,7,13-15,18,24-25,29,38,41H,4,6,8-12,16H2,1H3/t18-,24?,25?,29?,32?/m0/s1. The number of likely N-dealkylation sites (N-methyl/N-ethyl adjacent to an activating group) is 1. The lowest BCUT2D eigenvalue weighted by Crippen LogP contribution is -2.99. The Balaban J connectivity index is 1.29. The van der Waals surface area contributed by atoms with E-state index in [1.807, 2.05) is 24.3 Å². The summed E-state index contributed by atoms with van der Waals surface area (Å²) in [6.45, 7) is 1.49. The Kier molecular flexibility index (Phi) is 6.48. The molecule has 4 aromatic rings. The van der Waals surface area contributed by atoms with Crippen molar-refractivity contribution in [2.75, 3.05) is 29.5 Å². The zero-order valence-corrected chi connectivity index (χ0v) is 26.2. The number of hydrogen-bond donors (Lipinski definition) is 2. The zero-order chi connectivity index (χ0) is 28.7. The maximum absolute atomic E-state index is 16.8. The molecule has 1 aromatic heterocycles. The minimum Gasteiger partial charge on any atom is -0.508 e. The first-order chi connectivity index (χ1) is 20.4. The van der Waals surface area contributed by atoms with Crippen molar-refractivity contribution in [3.63, 3.8) is 0 Å². The highest BCUT2D eigenvalue weighted by Gasteiger charge is 2.74. The molecule has 7 nitrogen and oxygen atoms in total. The van der Waals surface area contributed by atoms with Gasteiger partial charge in [-0.05, 0) is 80.2 Å². The lowest BCUT2D eigenvalue weighted by molar-refractivity contribution is -0.0905. The van der Waals surface area contributed by atoms with Gasteiger partial charge in [-0.15, -0.1) is 0 Å². The molecule has 218 valence electrons. The Morgan fingerprint density at radius 2 is 2.05 bits per heavy atom. The van der Waals surface area contributed by atoms with Crippen LogP contribution < -0.4 is 15.0 Å². The summed E-state index contributed by atoms with van der Waals surface area (Å²) < 4.78 is 24.1. The van der Waals surface area contributed by atoms with Gasteiger partial charge in [-0.3, -0.25) is 0 Å². The molecule has 0 bridgehead atoms. The van der Waals surface area contributed by atoms with Gasteiger partial charge in [0.2, 0.25) is 0 Å². The van der Waals surface area contributed by atoms with Crippen LogP contribution in [0.1, 0.15) is 32.1 Å². The number of aromatic hydroxyl groups is 1. The summed E-state index contributed by atoms with van der Waals surface area (Å²) in [4.78, 5) is 14.3. The largest absolute Gasteiger partial charge is 0.508 e. The van der Waals surface area contributed by atoms with Crippen molar-refractivity contribution < 1.29 is 14.2 Å². The van der Waals surface area contributed by atoms with E-state index in [1.54, 1.807) is 18.2 Å². The molecule has 4 unspecified atom stereocenters. The molecule has 3 aliphatic heterocycles. The Bertz CT molecular complexity index is 1740. The molecule has 4 aliphatic rings. The molecular weight excluding hydrogens is 668 g/mol. The second-order valence-corrected chi connectivity index (χ2v) is 13.7. The van der Waals surface area contributed by atoms with Crippen LogP contribution in [0.3, 0.4) is 0 Å². The predicted octanol–water partition coefficient (Wildman–Crippen LogP) is 6.31. The number of piperazine rings is 1. The fourth-order valence-corrected chi connectivity index (χ4v) is 8.93. The molecule has 42 heavy (non-hydrogen) atoms. The molecule has 10 heteroatoms. The van der Waals surface area contributed by atoms with Crippen molar-refractivity contribution in [3.05, 3.63) is 53.3 Å². The summed E-state index contributed by atoms with van der Waals surface area (Å²) in [6, 6.07) is 14.1. The SMILES string of the molecule is CN1CCC[C@H]1COc1nc(N2C3CCC34NC(CCI)C24)c2cc(Cl)c(-c3cc(O)cc4ccccc34)c(F)c2n1. The van der Waals surface area contributed by atoms with Crippen molar-refractivity contribution in [3.8, 4) is 22.9 Å². The van der Waals surface area contributed by atoms with Gasteiger partial charge in [0.1, 0.15) is 23.7 Å². The highest BCUT2D eigenvalue weighted by Crippen LogP contribution is 2.60. The maximum atomic E-state index is 16.8. The van der Waals surface area contributed by atoms with Crippen LogP contribution in [0.15, 0.2) is 42.5 Å². The lowest BCUT2D eigenvalue weighted by Gasteiger charge is -2.79. The minimum atomic E-state index is -0.532. The summed E-state index contributed by atoms with van der Waals surface area (Å²) in [5, 5.41) is 16.8. The van der Waals surface area contributed by atoms with Crippen LogP contribution in [0.2, 0.25) is 5.02 Å². The molecule has 4 heterocycles. The number of benzene rings is 3. The molecule has 8 rings (SSSR count). The van der Waals surface area contributed by atoms with E-state index in [0.717, 1.165) is 53.8 Å². The molecule has 0 radical (unpaired) electrons. The van der Waals surface area contributed by atoms with Gasteiger partial charge in [-0.1, -0.05) is 58.5 Å². The number of ether oxygens (including phenoxy) is 1. The number of aromatic nitrogens is 2. The number of piperidine rings is 1. The first-order valence-corrected chi connectivity index (χ1v) is 16.7. The van der Waals surface area contributed by atoms with E-state index < -0.39 is 5.82 Å². The molecule has 1 saturated carbocycles. The van der Waals surface area contributed by atoms with Crippen LogP contribution in [-0.2, 0) is 0 Å². The van der Waals surface area contributed by atoms with E-state index in [-0.39, 0.29) is 39.4 Å². The second-order valence-electron chi connectivity index (χ2n) is 12.3. The summed E-state index contributed by atoms with van der Waals surface area (Å²) in [5.74, 6) is 0.219. The number of phenols is 1. The van der Waals surface area contributed by atoms with Gasteiger partial charge in [-0.2, -0.15) is 9.97 Å². The summed E-state index contributed by atoms with van der Waals surface area (Å²) >= 11 is 9.36. The molecule has 3 saturated heterocycles. The minimum absolute atomic E-state index is 0.0491. The molecule has 3 aromatic carbocycles. The van der Waals surface area contributed by atoms with Crippen molar-refractivity contribution in [2.24, 2.45) is 0 Å². The third kappa shape index (κ3) is 3.89. The fraction of sp³-hybridized carbons (Fsp3) is 0.438. The average molecular weight is 700 g/mol. The average Bonchev–Trinajstić information content (AvgIpc) is 3.37. The van der Waals surface area contributed by atoms with Crippen LogP contribution in [0.4, 0.5) is 10.2 Å². The Morgan fingerprint density at radius 1 is 1.19 bits per heavy atom. The number of alkyl halides is 1. The van der Waals surface area contributed by atoms with Crippen molar-refractivity contribution in [1.82, 2.24) is 20.2 Å². The smallest absolute Gasteiger partial charge is 0.319 e. The lowest BCUT2D eigenvalue weighted by atomic mass is 9.50.